The summed E-state index contributed by atoms with van der Waals surface area (Å²) in [6.45, 7) is 0. The van der Waals surface area contributed by atoms with Crippen molar-refractivity contribution in [1.29, 1.82) is 0 Å². The molecule has 0 aromatic carbocycles. The van der Waals surface area contributed by atoms with E-state index in [-0.39, 0.29) is 16.4 Å². The zero-order valence-electron chi connectivity index (χ0n) is 12.5. The summed E-state index contributed by atoms with van der Waals surface area (Å²) in [5, 5.41) is 13.2. The number of fused-ring (bicyclic) bond motifs is 1. The van der Waals surface area contributed by atoms with Crippen molar-refractivity contribution in [2.24, 2.45) is 5.73 Å². The number of anilines is 2. The SMILES string of the molecule is NC(=O)c1sc2nc(NC3CC3)nc(-c3ccc(O)nc3)c2c1N. The van der Waals surface area contributed by atoms with Gasteiger partial charge in [0, 0.05) is 23.9 Å². The van der Waals surface area contributed by atoms with Crippen LogP contribution in [0.2, 0.25) is 0 Å². The standard InChI is InChI=1S/C15H14N6O2S/c16-10-9-11(6-1-4-8(22)18-5-6)20-15(19-7-2-3-7)21-14(9)24-12(10)13(17)23/h1,4-5,7H,2-3,16H2,(H2,17,23)(H,18,22)(H,19,20,21). The number of carbonyl (C=O) groups is 1. The quantitative estimate of drug-likeness (QED) is 0.566. The van der Waals surface area contributed by atoms with Crippen molar-refractivity contribution in [3.8, 4) is 17.1 Å². The Labute approximate surface area is 140 Å². The molecule has 0 unspecified atom stereocenters. The zero-order valence-corrected chi connectivity index (χ0v) is 13.3. The summed E-state index contributed by atoms with van der Waals surface area (Å²) in [5.41, 5.74) is 13.0. The van der Waals surface area contributed by atoms with Gasteiger partial charge in [0.25, 0.3) is 5.91 Å². The molecular formula is C15H14N6O2S. The van der Waals surface area contributed by atoms with E-state index >= 15 is 0 Å². The number of nitrogens with one attached hydrogen (secondary N) is 1. The predicted octanol–water partition coefficient (Wildman–Crippen LogP) is 1.71. The van der Waals surface area contributed by atoms with Gasteiger partial charge in [0.1, 0.15) is 9.71 Å². The molecule has 6 N–H and O–H groups in total. The van der Waals surface area contributed by atoms with Gasteiger partial charge in [-0.25, -0.2) is 15.0 Å². The molecule has 0 bridgehead atoms. The largest absolute Gasteiger partial charge is 0.493 e. The van der Waals surface area contributed by atoms with Gasteiger partial charge in [0.2, 0.25) is 11.8 Å². The van der Waals surface area contributed by atoms with Gasteiger partial charge in [0.05, 0.1) is 16.8 Å². The highest BCUT2D eigenvalue weighted by Gasteiger charge is 2.25. The highest BCUT2D eigenvalue weighted by atomic mass is 32.1. The lowest BCUT2D eigenvalue weighted by atomic mass is 10.1. The van der Waals surface area contributed by atoms with E-state index < -0.39 is 5.91 Å². The first kappa shape index (κ1) is 14.6. The fraction of sp³-hybridized carbons (Fsp3) is 0.200. The number of carbonyl (C=O) groups excluding carboxylic acids is 1. The van der Waals surface area contributed by atoms with Crippen molar-refractivity contribution in [2.45, 2.75) is 18.9 Å². The topological polar surface area (TPSA) is 140 Å². The van der Waals surface area contributed by atoms with Crippen molar-refractivity contribution in [3.63, 3.8) is 0 Å². The second kappa shape index (κ2) is 5.31. The highest BCUT2D eigenvalue weighted by Crippen LogP contribution is 2.39. The smallest absolute Gasteiger partial charge is 0.260 e. The summed E-state index contributed by atoms with van der Waals surface area (Å²) >= 11 is 1.15. The number of aromatic hydroxyl groups is 1. The molecule has 3 heterocycles. The third kappa shape index (κ3) is 2.48. The van der Waals surface area contributed by atoms with Gasteiger partial charge in [-0.2, -0.15) is 0 Å². The van der Waals surface area contributed by atoms with Crippen LogP contribution in [0.1, 0.15) is 22.5 Å². The monoisotopic (exact) mass is 342 g/mol. The van der Waals surface area contributed by atoms with Gasteiger partial charge in [0.15, 0.2) is 0 Å². The Morgan fingerprint density at radius 2 is 2.12 bits per heavy atom. The summed E-state index contributed by atoms with van der Waals surface area (Å²) in [4.78, 5) is 25.3. The highest BCUT2D eigenvalue weighted by molar-refractivity contribution is 7.21. The van der Waals surface area contributed by atoms with Crippen LogP contribution in [-0.2, 0) is 0 Å². The minimum atomic E-state index is -0.595. The molecular weight excluding hydrogens is 328 g/mol. The Morgan fingerprint density at radius 3 is 2.75 bits per heavy atom. The Hall–Kier alpha value is -2.94. The van der Waals surface area contributed by atoms with Crippen LogP contribution in [0.3, 0.4) is 0 Å². The van der Waals surface area contributed by atoms with Crippen LogP contribution in [0, 0.1) is 0 Å². The number of aromatic nitrogens is 3. The lowest BCUT2D eigenvalue weighted by Crippen LogP contribution is -2.10. The number of thiophene rings is 1. The van der Waals surface area contributed by atoms with Gasteiger partial charge in [-0.1, -0.05) is 0 Å². The number of pyridine rings is 1. The molecule has 0 radical (unpaired) electrons. The molecule has 0 spiro atoms. The first-order chi connectivity index (χ1) is 11.5. The average molecular weight is 342 g/mol. The molecule has 8 nitrogen and oxygen atoms in total. The molecule has 1 amide bonds. The molecule has 0 atom stereocenters. The van der Waals surface area contributed by atoms with E-state index in [9.17, 15) is 9.90 Å². The zero-order chi connectivity index (χ0) is 16.8. The fourth-order valence-corrected chi connectivity index (χ4v) is 3.36. The normalized spacial score (nSPS) is 14.0. The van der Waals surface area contributed by atoms with E-state index in [4.69, 9.17) is 11.5 Å². The van der Waals surface area contributed by atoms with Crippen LogP contribution in [0.4, 0.5) is 11.6 Å². The molecule has 1 aliphatic rings. The maximum absolute atomic E-state index is 11.6. The van der Waals surface area contributed by atoms with E-state index in [1.807, 2.05) is 0 Å². The van der Waals surface area contributed by atoms with Crippen LogP contribution in [0.5, 0.6) is 5.88 Å². The van der Waals surface area contributed by atoms with Crippen LogP contribution in [0.25, 0.3) is 21.5 Å². The molecule has 9 heteroatoms. The van der Waals surface area contributed by atoms with Gasteiger partial charge >= 0.3 is 0 Å². The van der Waals surface area contributed by atoms with Crippen molar-refractivity contribution >= 4 is 39.1 Å². The molecule has 0 saturated heterocycles. The van der Waals surface area contributed by atoms with E-state index in [0.717, 1.165) is 24.2 Å². The van der Waals surface area contributed by atoms with Crippen LogP contribution in [0.15, 0.2) is 18.3 Å². The Balaban J connectivity index is 1.96. The number of amides is 1. The number of nitrogens with two attached hydrogens (primary N) is 2. The number of rotatable bonds is 4. The predicted molar refractivity (Wildman–Crippen MR) is 91.9 cm³/mol. The average Bonchev–Trinajstić information content (AvgIpc) is 3.29. The second-order valence-corrected chi connectivity index (χ2v) is 6.61. The molecule has 24 heavy (non-hydrogen) atoms. The van der Waals surface area contributed by atoms with Crippen LogP contribution < -0.4 is 16.8 Å². The minimum absolute atomic E-state index is 0.0866. The van der Waals surface area contributed by atoms with Gasteiger partial charge in [-0.15, -0.1) is 11.3 Å². The molecule has 1 saturated carbocycles. The number of hydrogen-bond acceptors (Lipinski definition) is 8. The van der Waals surface area contributed by atoms with Crippen molar-refractivity contribution < 1.29 is 9.90 Å². The minimum Gasteiger partial charge on any atom is -0.493 e. The summed E-state index contributed by atoms with van der Waals surface area (Å²) in [6, 6.07) is 3.53. The maximum atomic E-state index is 11.6. The Kier molecular flexibility index (Phi) is 3.24. The number of hydrogen-bond donors (Lipinski definition) is 4. The molecule has 1 aliphatic carbocycles. The van der Waals surface area contributed by atoms with Crippen molar-refractivity contribution in [3.05, 3.63) is 23.2 Å². The second-order valence-electron chi connectivity index (χ2n) is 5.61. The van der Waals surface area contributed by atoms with E-state index in [1.54, 1.807) is 6.07 Å². The number of nitrogens with zero attached hydrogens (tertiary/aromatic N) is 3. The van der Waals surface area contributed by atoms with Crippen molar-refractivity contribution in [2.75, 3.05) is 11.1 Å². The summed E-state index contributed by atoms with van der Waals surface area (Å²) < 4.78 is 0. The van der Waals surface area contributed by atoms with E-state index in [0.29, 0.717) is 33.5 Å². The molecule has 0 aliphatic heterocycles. The van der Waals surface area contributed by atoms with Crippen LogP contribution in [-0.4, -0.2) is 32.0 Å². The Bertz CT molecular complexity index is 949. The first-order valence-corrected chi connectivity index (χ1v) is 8.16. The molecule has 1 fully saturated rings. The van der Waals surface area contributed by atoms with E-state index in [1.165, 1.54) is 12.3 Å². The lowest BCUT2D eigenvalue weighted by Gasteiger charge is -2.08. The first-order valence-electron chi connectivity index (χ1n) is 7.34. The molecule has 3 aromatic rings. The number of primary amides is 1. The summed E-state index contributed by atoms with van der Waals surface area (Å²) in [6.07, 6.45) is 3.66. The third-order valence-corrected chi connectivity index (χ3v) is 4.86. The van der Waals surface area contributed by atoms with Gasteiger partial charge in [-0.3, -0.25) is 4.79 Å². The maximum Gasteiger partial charge on any atom is 0.260 e. The summed E-state index contributed by atoms with van der Waals surface area (Å²) in [7, 11) is 0. The molecule has 122 valence electrons. The van der Waals surface area contributed by atoms with Crippen molar-refractivity contribution in [1.82, 2.24) is 15.0 Å². The third-order valence-electron chi connectivity index (χ3n) is 3.74. The van der Waals surface area contributed by atoms with Gasteiger partial charge in [-0.05, 0) is 18.9 Å². The number of nitrogen functional groups attached to an aromatic ring is 1. The summed E-state index contributed by atoms with van der Waals surface area (Å²) in [5.74, 6) is -0.205. The Morgan fingerprint density at radius 1 is 1.33 bits per heavy atom. The molecule has 3 aromatic heterocycles. The van der Waals surface area contributed by atoms with Crippen LogP contribution >= 0.6 is 11.3 Å². The molecule has 4 rings (SSSR count). The van der Waals surface area contributed by atoms with E-state index in [2.05, 4.69) is 20.3 Å². The fourth-order valence-electron chi connectivity index (χ4n) is 2.41. The lowest BCUT2D eigenvalue weighted by molar-refractivity contribution is 0.100. The van der Waals surface area contributed by atoms with Gasteiger partial charge < -0.3 is 21.9 Å².